The second-order valence-electron chi connectivity index (χ2n) is 6.19. The fraction of sp³-hybridized carbons (Fsp3) is 0.429. The summed E-state index contributed by atoms with van der Waals surface area (Å²) in [6, 6.07) is 2.45. The smallest absolute Gasteiger partial charge is 0.346 e. The van der Waals surface area contributed by atoms with Gasteiger partial charge in [0.05, 0.1) is 12.1 Å². The van der Waals surface area contributed by atoms with E-state index in [9.17, 15) is 17.8 Å². The van der Waals surface area contributed by atoms with Crippen molar-refractivity contribution in [3.63, 3.8) is 0 Å². The Morgan fingerprint density at radius 2 is 2.04 bits per heavy atom. The molecule has 2 aromatic heterocycles. The largest absolute Gasteiger partial charge is 0.724 e. The Bertz CT molecular complexity index is 945. The van der Waals surface area contributed by atoms with Crippen LogP contribution in [0.15, 0.2) is 24.5 Å². The molecule has 0 unspecified atom stereocenters. The maximum absolute atomic E-state index is 12.4. The van der Waals surface area contributed by atoms with Gasteiger partial charge in [-0.15, -0.1) is 10.2 Å². The zero-order chi connectivity index (χ0) is 18.5. The third-order valence-corrected chi connectivity index (χ3v) is 5.86. The highest BCUT2D eigenvalue weighted by atomic mass is 32.3. The Morgan fingerprint density at radius 1 is 1.31 bits per heavy atom. The highest BCUT2D eigenvalue weighted by molar-refractivity contribution is 7.80. The molecule has 0 saturated carbocycles. The SMILES string of the molecule is C[n+]1ccc(-c2nnc([C@@H]3CC[C@@H]4CN3C(=O)N4OS(=O)(=O)[O-])s2)cc1. The zero-order valence-electron chi connectivity index (χ0n) is 13.7. The first kappa shape index (κ1) is 17.3. The summed E-state index contributed by atoms with van der Waals surface area (Å²) in [6.45, 7) is 0.287. The molecule has 4 heterocycles. The van der Waals surface area contributed by atoms with Gasteiger partial charge in [-0.05, 0) is 12.8 Å². The summed E-state index contributed by atoms with van der Waals surface area (Å²) in [4.78, 5) is 13.9. The number of rotatable bonds is 4. The molecule has 2 amide bonds. The van der Waals surface area contributed by atoms with Crippen molar-refractivity contribution in [1.29, 1.82) is 0 Å². The van der Waals surface area contributed by atoms with E-state index in [1.807, 2.05) is 36.1 Å². The zero-order valence-corrected chi connectivity index (χ0v) is 15.3. The van der Waals surface area contributed by atoms with E-state index >= 15 is 0 Å². The van der Waals surface area contributed by atoms with E-state index in [4.69, 9.17) is 0 Å². The van der Waals surface area contributed by atoms with Gasteiger partial charge in [0.1, 0.15) is 17.1 Å². The second kappa shape index (κ2) is 6.23. The molecule has 0 aliphatic carbocycles. The van der Waals surface area contributed by atoms with Gasteiger partial charge < -0.3 is 9.45 Å². The van der Waals surface area contributed by atoms with E-state index in [1.54, 1.807) is 0 Å². The first-order chi connectivity index (χ1) is 12.3. The monoisotopic (exact) mass is 397 g/mol. The van der Waals surface area contributed by atoms with Crippen LogP contribution in [0.3, 0.4) is 0 Å². The van der Waals surface area contributed by atoms with Crippen LogP contribution < -0.4 is 4.57 Å². The molecule has 2 aliphatic heterocycles. The minimum Gasteiger partial charge on any atom is -0.724 e. The number of hydrogen-bond donors (Lipinski definition) is 0. The van der Waals surface area contributed by atoms with E-state index < -0.39 is 22.5 Å². The van der Waals surface area contributed by atoms with E-state index in [2.05, 4.69) is 14.5 Å². The number of fused-ring (bicyclic) bond motifs is 2. The Morgan fingerprint density at radius 3 is 2.73 bits per heavy atom. The Hall–Kier alpha value is -2.15. The molecule has 0 spiro atoms. The summed E-state index contributed by atoms with van der Waals surface area (Å²) in [5.41, 5.74) is 0.927. The molecule has 4 rings (SSSR count). The molecule has 2 aromatic rings. The average Bonchev–Trinajstić information content (AvgIpc) is 3.15. The van der Waals surface area contributed by atoms with E-state index in [0.717, 1.165) is 10.6 Å². The fourth-order valence-corrected chi connectivity index (χ4v) is 4.59. The van der Waals surface area contributed by atoms with Gasteiger partial charge in [-0.1, -0.05) is 11.3 Å². The number of amides is 2. The van der Waals surface area contributed by atoms with Crippen molar-refractivity contribution in [2.45, 2.75) is 24.9 Å². The quantitative estimate of drug-likeness (QED) is 0.415. The number of carbonyl (C=O) groups excluding carboxylic acids is 1. The predicted molar refractivity (Wildman–Crippen MR) is 87.0 cm³/mol. The number of carbonyl (C=O) groups is 1. The number of aryl methyl sites for hydroxylation is 1. The van der Waals surface area contributed by atoms with Crippen LogP contribution in [-0.2, 0) is 21.7 Å². The van der Waals surface area contributed by atoms with Gasteiger partial charge in [0.15, 0.2) is 12.4 Å². The van der Waals surface area contributed by atoms with Gasteiger partial charge in [-0.3, -0.25) is 0 Å². The number of aromatic nitrogens is 3. The van der Waals surface area contributed by atoms with Crippen LogP contribution in [0.2, 0.25) is 0 Å². The highest BCUT2D eigenvalue weighted by Crippen LogP contribution is 2.40. The molecule has 2 bridgehead atoms. The second-order valence-corrected chi connectivity index (χ2v) is 8.16. The van der Waals surface area contributed by atoms with E-state index in [1.165, 1.54) is 16.2 Å². The van der Waals surface area contributed by atoms with Crippen molar-refractivity contribution >= 4 is 27.8 Å². The van der Waals surface area contributed by atoms with E-state index in [-0.39, 0.29) is 12.6 Å². The lowest BCUT2D eigenvalue weighted by Crippen LogP contribution is -2.35. The molecule has 0 aromatic carbocycles. The topological polar surface area (TPSA) is 120 Å². The van der Waals surface area contributed by atoms with Crippen molar-refractivity contribution in [1.82, 2.24) is 20.2 Å². The van der Waals surface area contributed by atoms with Crippen molar-refractivity contribution in [2.75, 3.05) is 6.54 Å². The van der Waals surface area contributed by atoms with E-state index in [0.29, 0.717) is 22.9 Å². The fourth-order valence-electron chi connectivity index (χ4n) is 3.21. The molecule has 2 atom stereocenters. The average molecular weight is 397 g/mol. The lowest BCUT2D eigenvalue weighted by molar-refractivity contribution is -0.671. The summed E-state index contributed by atoms with van der Waals surface area (Å²) >= 11 is 1.39. The highest BCUT2D eigenvalue weighted by Gasteiger charge is 2.48. The van der Waals surface area contributed by atoms with Crippen molar-refractivity contribution in [3.8, 4) is 10.6 Å². The van der Waals surface area contributed by atoms with Crippen LogP contribution in [0, 0.1) is 0 Å². The number of hydrogen-bond acceptors (Lipinski definition) is 8. The minimum absolute atomic E-state index is 0.287. The lowest BCUT2D eigenvalue weighted by Gasteiger charge is -2.28. The maximum atomic E-state index is 12.4. The number of nitrogens with zero attached hydrogens (tertiary/aromatic N) is 5. The van der Waals surface area contributed by atoms with Crippen LogP contribution in [-0.4, -0.2) is 51.7 Å². The third kappa shape index (κ3) is 3.16. The number of urea groups is 1. The first-order valence-electron chi connectivity index (χ1n) is 7.86. The van der Waals surface area contributed by atoms with Gasteiger partial charge >= 0.3 is 6.03 Å². The molecular weight excluding hydrogens is 382 g/mol. The summed E-state index contributed by atoms with van der Waals surface area (Å²) in [6.07, 6.45) is 4.92. The first-order valence-corrected chi connectivity index (χ1v) is 10.0. The van der Waals surface area contributed by atoms with Crippen LogP contribution in [0.4, 0.5) is 4.79 Å². The molecule has 2 aliphatic rings. The molecule has 12 heteroatoms. The molecule has 0 radical (unpaired) electrons. The summed E-state index contributed by atoms with van der Waals surface area (Å²) in [5, 5.41) is 10.5. The predicted octanol–water partition coefficient (Wildman–Crippen LogP) is 0.363. The van der Waals surface area contributed by atoms with Gasteiger partial charge in [0, 0.05) is 24.2 Å². The van der Waals surface area contributed by atoms with Crippen molar-refractivity contribution < 1.29 is 26.6 Å². The summed E-state index contributed by atoms with van der Waals surface area (Å²) < 4.78 is 38.8. The minimum atomic E-state index is -5.00. The molecule has 10 nitrogen and oxygen atoms in total. The molecule has 26 heavy (non-hydrogen) atoms. The van der Waals surface area contributed by atoms with Crippen molar-refractivity contribution in [2.24, 2.45) is 7.05 Å². The number of pyridine rings is 1. The van der Waals surface area contributed by atoms with Crippen LogP contribution in [0.5, 0.6) is 0 Å². The summed E-state index contributed by atoms with van der Waals surface area (Å²) in [5.74, 6) is 0. The third-order valence-electron chi connectivity index (χ3n) is 4.45. The van der Waals surface area contributed by atoms with Crippen LogP contribution >= 0.6 is 11.3 Å². The van der Waals surface area contributed by atoms with Gasteiger partial charge in [-0.25, -0.2) is 17.8 Å². The molecule has 2 saturated heterocycles. The van der Waals surface area contributed by atoms with Gasteiger partial charge in [0.2, 0.25) is 10.4 Å². The molecule has 2 fully saturated rings. The van der Waals surface area contributed by atoms with Gasteiger partial charge in [0.25, 0.3) is 0 Å². The summed E-state index contributed by atoms with van der Waals surface area (Å²) in [7, 11) is -3.08. The Labute approximate surface area is 153 Å². The number of piperidine rings is 1. The molecule has 0 N–H and O–H groups in total. The van der Waals surface area contributed by atoms with Crippen molar-refractivity contribution in [3.05, 3.63) is 29.5 Å². The molecular formula is C14H15N5O5S2. The lowest BCUT2D eigenvalue weighted by atomic mass is 10.0. The molecule has 138 valence electrons. The number of hydroxylamine groups is 2. The van der Waals surface area contributed by atoms with Crippen LogP contribution in [0.1, 0.15) is 23.9 Å². The Balaban J connectivity index is 1.57. The normalized spacial score (nSPS) is 22.9. The van der Waals surface area contributed by atoms with Crippen LogP contribution in [0.25, 0.3) is 10.6 Å². The standard InChI is InChI=1S/C14H15N5O5S2/c1-17-6-4-9(5-7-17)12-15-16-13(25-12)11-3-2-10-8-18(11)14(20)19(10)24-26(21,22)23/h4-7,10-11H,2-3,8H2,1H3/t10-,11+/m1/s1. The Kier molecular flexibility index (Phi) is 4.14. The van der Waals surface area contributed by atoms with Gasteiger partial charge in [-0.2, -0.15) is 9.35 Å². The maximum Gasteiger partial charge on any atom is 0.346 e.